The zero-order valence-corrected chi connectivity index (χ0v) is 11.9. The summed E-state index contributed by atoms with van der Waals surface area (Å²) < 4.78 is 0. The lowest BCUT2D eigenvalue weighted by atomic mass is 10.0. The topological polar surface area (TPSA) is 29.1 Å². The molecule has 1 aromatic heterocycles. The number of carbonyl (C=O) groups excluding carboxylic acids is 1. The quantitative estimate of drug-likeness (QED) is 0.814. The molecular weight excluding hydrogens is 254 g/mol. The number of nitrogens with one attached hydrogen (secondary N) is 1. The fourth-order valence-corrected chi connectivity index (χ4v) is 2.45. The molecule has 1 amide bonds. The third-order valence-electron chi connectivity index (χ3n) is 2.78. The second-order valence-electron chi connectivity index (χ2n) is 4.58. The normalized spacial score (nSPS) is 11.1. The lowest BCUT2D eigenvalue weighted by Gasteiger charge is -2.12. The minimum atomic E-state index is -0.0958. The fourth-order valence-electron chi connectivity index (χ4n) is 1.83. The van der Waals surface area contributed by atoms with Gasteiger partial charge in [-0.3, -0.25) is 4.79 Å². The summed E-state index contributed by atoms with van der Waals surface area (Å²) in [7, 11) is 0. The van der Waals surface area contributed by atoms with E-state index in [0.29, 0.717) is 5.92 Å². The fraction of sp³-hybridized carbons (Fsp3) is 0.188. The Hall–Kier alpha value is -1.87. The van der Waals surface area contributed by atoms with Crippen LogP contribution in [0.1, 0.15) is 30.2 Å². The first-order valence-corrected chi connectivity index (χ1v) is 7.16. The number of rotatable bonds is 4. The molecule has 3 heteroatoms. The second-order valence-corrected chi connectivity index (χ2v) is 5.56. The minimum absolute atomic E-state index is 0.0958. The monoisotopic (exact) mass is 271 g/mol. The average molecular weight is 271 g/mol. The Morgan fingerprint density at radius 2 is 2.00 bits per heavy atom. The first-order chi connectivity index (χ1) is 9.16. The Balaban J connectivity index is 2.07. The van der Waals surface area contributed by atoms with Gasteiger partial charge in [-0.2, -0.15) is 0 Å². The standard InChI is InChI=1S/C16H17NOS/c1-12(2)14-7-3-4-8-15(14)17-16(18)10-9-13-6-5-11-19-13/h3-12H,1-2H3,(H,17,18)/b10-9+. The number of thiophene rings is 1. The molecule has 0 bridgehead atoms. The van der Waals surface area contributed by atoms with Gasteiger partial charge < -0.3 is 5.32 Å². The van der Waals surface area contributed by atoms with Crippen molar-refractivity contribution in [2.45, 2.75) is 19.8 Å². The van der Waals surface area contributed by atoms with Crippen molar-refractivity contribution in [1.29, 1.82) is 0 Å². The van der Waals surface area contributed by atoms with Gasteiger partial charge in [0.1, 0.15) is 0 Å². The second kappa shape index (κ2) is 6.34. The molecule has 1 heterocycles. The summed E-state index contributed by atoms with van der Waals surface area (Å²) in [6.07, 6.45) is 3.40. The van der Waals surface area contributed by atoms with Gasteiger partial charge in [0.2, 0.25) is 5.91 Å². The molecule has 1 aromatic carbocycles. The van der Waals surface area contributed by atoms with Crippen LogP contribution in [0.5, 0.6) is 0 Å². The van der Waals surface area contributed by atoms with E-state index in [4.69, 9.17) is 0 Å². The molecule has 2 aromatic rings. The van der Waals surface area contributed by atoms with Gasteiger partial charge in [0.25, 0.3) is 0 Å². The lowest BCUT2D eigenvalue weighted by molar-refractivity contribution is -0.111. The van der Waals surface area contributed by atoms with Crippen LogP contribution >= 0.6 is 11.3 Å². The molecule has 0 saturated carbocycles. The van der Waals surface area contributed by atoms with E-state index in [1.165, 1.54) is 0 Å². The predicted molar refractivity (Wildman–Crippen MR) is 82.5 cm³/mol. The van der Waals surface area contributed by atoms with Crippen molar-refractivity contribution in [3.63, 3.8) is 0 Å². The SMILES string of the molecule is CC(C)c1ccccc1NC(=O)/C=C/c1cccs1. The van der Waals surface area contributed by atoms with E-state index >= 15 is 0 Å². The molecule has 2 nitrogen and oxygen atoms in total. The molecule has 0 saturated heterocycles. The Kier molecular flexibility index (Phi) is 4.53. The van der Waals surface area contributed by atoms with Gasteiger partial charge >= 0.3 is 0 Å². The van der Waals surface area contributed by atoms with Crippen LogP contribution in [0.3, 0.4) is 0 Å². The van der Waals surface area contributed by atoms with Crippen LogP contribution in [0.15, 0.2) is 47.9 Å². The number of hydrogen-bond acceptors (Lipinski definition) is 2. The number of benzene rings is 1. The summed E-state index contributed by atoms with van der Waals surface area (Å²) in [6, 6.07) is 11.9. The minimum Gasteiger partial charge on any atom is -0.322 e. The summed E-state index contributed by atoms with van der Waals surface area (Å²) in [6.45, 7) is 4.24. The highest BCUT2D eigenvalue weighted by Crippen LogP contribution is 2.23. The van der Waals surface area contributed by atoms with Crippen molar-refractivity contribution >= 4 is 29.0 Å². The van der Waals surface area contributed by atoms with Gasteiger partial charge in [0.05, 0.1) is 0 Å². The maximum absolute atomic E-state index is 11.9. The van der Waals surface area contributed by atoms with Gasteiger partial charge in [-0.15, -0.1) is 11.3 Å². The van der Waals surface area contributed by atoms with E-state index < -0.39 is 0 Å². The molecule has 19 heavy (non-hydrogen) atoms. The molecule has 0 radical (unpaired) electrons. The van der Waals surface area contributed by atoms with Crippen LogP contribution in [0, 0.1) is 0 Å². The van der Waals surface area contributed by atoms with E-state index in [2.05, 4.69) is 19.2 Å². The van der Waals surface area contributed by atoms with Gasteiger partial charge in [-0.1, -0.05) is 38.1 Å². The highest BCUT2D eigenvalue weighted by molar-refractivity contribution is 7.10. The van der Waals surface area contributed by atoms with Crippen molar-refractivity contribution in [2.75, 3.05) is 5.32 Å². The third-order valence-corrected chi connectivity index (χ3v) is 3.62. The van der Waals surface area contributed by atoms with Gasteiger partial charge in [0, 0.05) is 16.6 Å². The van der Waals surface area contributed by atoms with Crippen LogP contribution in [-0.2, 0) is 4.79 Å². The van der Waals surface area contributed by atoms with Crippen LogP contribution in [0.4, 0.5) is 5.69 Å². The van der Waals surface area contributed by atoms with Gasteiger partial charge in [-0.05, 0) is 35.1 Å². The van der Waals surface area contributed by atoms with Crippen LogP contribution in [-0.4, -0.2) is 5.91 Å². The highest BCUT2D eigenvalue weighted by atomic mass is 32.1. The first-order valence-electron chi connectivity index (χ1n) is 6.28. The highest BCUT2D eigenvalue weighted by Gasteiger charge is 2.07. The summed E-state index contributed by atoms with van der Waals surface area (Å²) in [5.41, 5.74) is 2.04. The smallest absolute Gasteiger partial charge is 0.248 e. The number of amides is 1. The summed E-state index contributed by atoms with van der Waals surface area (Å²) in [5, 5.41) is 4.92. The molecular formula is C16H17NOS. The Labute approximate surface area is 117 Å². The number of carbonyl (C=O) groups is 1. The van der Waals surface area contributed by atoms with Crippen LogP contribution in [0.2, 0.25) is 0 Å². The third kappa shape index (κ3) is 3.80. The molecule has 0 fully saturated rings. The number of anilines is 1. The predicted octanol–water partition coefficient (Wildman–Crippen LogP) is 4.52. The van der Waals surface area contributed by atoms with Crippen LogP contribution < -0.4 is 5.32 Å². The zero-order valence-electron chi connectivity index (χ0n) is 11.1. The van der Waals surface area contributed by atoms with Crippen molar-refractivity contribution in [1.82, 2.24) is 0 Å². The van der Waals surface area contributed by atoms with E-state index in [1.807, 2.05) is 47.9 Å². The average Bonchev–Trinajstić information content (AvgIpc) is 2.90. The Bertz CT molecular complexity index is 570. The van der Waals surface area contributed by atoms with Crippen molar-refractivity contribution < 1.29 is 4.79 Å². The largest absolute Gasteiger partial charge is 0.322 e. The first kappa shape index (κ1) is 13.6. The summed E-state index contributed by atoms with van der Waals surface area (Å²) in [4.78, 5) is 13.0. The molecule has 0 spiro atoms. The molecule has 0 aliphatic rings. The molecule has 98 valence electrons. The molecule has 0 unspecified atom stereocenters. The van der Waals surface area contributed by atoms with Crippen molar-refractivity contribution in [3.05, 3.63) is 58.3 Å². The van der Waals surface area contributed by atoms with Gasteiger partial charge in [0.15, 0.2) is 0 Å². The van der Waals surface area contributed by atoms with Gasteiger partial charge in [-0.25, -0.2) is 0 Å². The van der Waals surface area contributed by atoms with Crippen molar-refractivity contribution in [2.24, 2.45) is 0 Å². The van der Waals surface area contributed by atoms with E-state index in [0.717, 1.165) is 16.1 Å². The molecule has 2 rings (SSSR count). The Morgan fingerprint density at radius 3 is 2.68 bits per heavy atom. The van der Waals surface area contributed by atoms with E-state index in [1.54, 1.807) is 17.4 Å². The lowest BCUT2D eigenvalue weighted by Crippen LogP contribution is -2.10. The molecule has 0 atom stereocenters. The molecule has 0 aliphatic heterocycles. The van der Waals surface area contributed by atoms with Crippen LogP contribution in [0.25, 0.3) is 6.08 Å². The molecule has 1 N–H and O–H groups in total. The number of hydrogen-bond donors (Lipinski definition) is 1. The van der Waals surface area contributed by atoms with Crippen molar-refractivity contribution in [3.8, 4) is 0 Å². The van der Waals surface area contributed by atoms with E-state index in [9.17, 15) is 4.79 Å². The Morgan fingerprint density at radius 1 is 1.21 bits per heavy atom. The zero-order chi connectivity index (χ0) is 13.7. The number of para-hydroxylation sites is 1. The molecule has 0 aliphatic carbocycles. The summed E-state index contributed by atoms with van der Waals surface area (Å²) >= 11 is 1.61. The maximum Gasteiger partial charge on any atom is 0.248 e. The maximum atomic E-state index is 11.9. The van der Waals surface area contributed by atoms with E-state index in [-0.39, 0.29) is 5.91 Å². The summed E-state index contributed by atoms with van der Waals surface area (Å²) in [5.74, 6) is 0.291.